The molecule has 7 heteroatoms. The highest BCUT2D eigenvalue weighted by molar-refractivity contribution is 7.89. The summed E-state index contributed by atoms with van der Waals surface area (Å²) in [7, 11) is -2.43. The number of benzene rings is 1. The molecule has 6 nitrogen and oxygen atoms in total. The van der Waals surface area contributed by atoms with Gasteiger partial charge in [0.15, 0.2) is 0 Å². The molecule has 0 heterocycles. The Bertz CT molecular complexity index is 570. The van der Waals surface area contributed by atoms with Gasteiger partial charge in [-0.1, -0.05) is 38.0 Å². The maximum atomic E-state index is 12.4. The average Bonchev–Trinajstić information content (AvgIpc) is 2.44. The van der Waals surface area contributed by atoms with Crippen LogP contribution in [0.4, 0.5) is 0 Å². The third kappa shape index (κ3) is 5.11. The van der Waals surface area contributed by atoms with E-state index in [1.807, 2.05) is 6.92 Å². The molecule has 1 atom stereocenters. The molecule has 0 aliphatic carbocycles. The van der Waals surface area contributed by atoms with Crippen molar-refractivity contribution in [3.63, 3.8) is 0 Å². The molecule has 0 amide bonds. The monoisotopic (exact) mass is 315 g/mol. The fraction of sp³-hybridized carbons (Fsp3) is 0.500. The number of carbonyl (C=O) groups is 1. The van der Waals surface area contributed by atoms with Gasteiger partial charge in [-0.25, -0.2) is 8.42 Å². The number of nitrogens with one attached hydrogen (secondary N) is 1. The van der Waals surface area contributed by atoms with Crippen molar-refractivity contribution in [3.8, 4) is 0 Å². The van der Waals surface area contributed by atoms with Gasteiger partial charge in [0, 0.05) is 7.11 Å². The molecule has 0 radical (unpaired) electrons. The van der Waals surface area contributed by atoms with E-state index in [1.54, 1.807) is 18.2 Å². The summed E-state index contributed by atoms with van der Waals surface area (Å²) >= 11 is 0. The molecule has 0 spiro atoms. The summed E-state index contributed by atoms with van der Waals surface area (Å²) in [5.74, 6) is -1.17. The molecule has 0 saturated heterocycles. The van der Waals surface area contributed by atoms with Gasteiger partial charge in [0.25, 0.3) is 0 Å². The van der Waals surface area contributed by atoms with Crippen LogP contribution >= 0.6 is 0 Å². The van der Waals surface area contributed by atoms with Gasteiger partial charge >= 0.3 is 5.97 Å². The minimum Gasteiger partial charge on any atom is -0.480 e. The Hall–Kier alpha value is -1.44. The molecule has 118 valence electrons. The van der Waals surface area contributed by atoms with Gasteiger partial charge in [-0.2, -0.15) is 4.72 Å². The van der Waals surface area contributed by atoms with Crippen molar-refractivity contribution >= 4 is 16.0 Å². The number of carboxylic acids is 1. The third-order valence-corrected chi connectivity index (χ3v) is 4.58. The highest BCUT2D eigenvalue weighted by Gasteiger charge is 2.26. The van der Waals surface area contributed by atoms with Crippen LogP contribution in [0.5, 0.6) is 0 Å². The summed E-state index contributed by atoms with van der Waals surface area (Å²) in [6.07, 6.45) is 1.70. The first-order valence-corrected chi connectivity index (χ1v) is 8.22. The predicted octanol–water partition coefficient (Wildman–Crippen LogP) is 1.75. The second kappa shape index (κ2) is 8.11. The molecule has 1 aromatic carbocycles. The fourth-order valence-corrected chi connectivity index (χ4v) is 3.38. The number of sulfonamides is 1. The number of methoxy groups -OCH3 is 1. The second-order valence-electron chi connectivity index (χ2n) is 4.70. The number of hydrogen-bond donors (Lipinski definition) is 2. The fourth-order valence-electron chi connectivity index (χ4n) is 1.93. The predicted molar refractivity (Wildman–Crippen MR) is 78.4 cm³/mol. The summed E-state index contributed by atoms with van der Waals surface area (Å²) < 4.78 is 32.0. The van der Waals surface area contributed by atoms with E-state index in [1.165, 1.54) is 13.2 Å². The van der Waals surface area contributed by atoms with E-state index in [9.17, 15) is 13.2 Å². The normalized spacial score (nSPS) is 13.0. The van der Waals surface area contributed by atoms with Crippen LogP contribution < -0.4 is 4.72 Å². The van der Waals surface area contributed by atoms with Crippen LogP contribution in [0.3, 0.4) is 0 Å². The zero-order chi connectivity index (χ0) is 15.9. The van der Waals surface area contributed by atoms with Crippen molar-refractivity contribution in [2.24, 2.45) is 0 Å². The van der Waals surface area contributed by atoms with Crippen molar-refractivity contribution < 1.29 is 23.1 Å². The SMILES string of the molecule is CCCC[C@H](NS(=O)(=O)c1ccccc1COC)C(=O)O. The summed E-state index contributed by atoms with van der Waals surface area (Å²) in [5.41, 5.74) is 0.493. The van der Waals surface area contributed by atoms with Gasteiger partial charge in [-0.3, -0.25) is 4.79 Å². The molecule has 2 N–H and O–H groups in total. The third-order valence-electron chi connectivity index (χ3n) is 3.00. The zero-order valence-corrected chi connectivity index (χ0v) is 13.0. The van der Waals surface area contributed by atoms with Gasteiger partial charge in [0.2, 0.25) is 10.0 Å². The molecule has 0 aliphatic rings. The Kier molecular flexibility index (Phi) is 6.80. The Morgan fingerprint density at radius 3 is 2.62 bits per heavy atom. The molecule has 0 saturated carbocycles. The van der Waals surface area contributed by atoms with E-state index in [4.69, 9.17) is 9.84 Å². The minimum absolute atomic E-state index is 0.0506. The number of unbranched alkanes of at least 4 members (excludes halogenated alkanes) is 1. The zero-order valence-electron chi connectivity index (χ0n) is 12.2. The van der Waals surface area contributed by atoms with Crippen molar-refractivity contribution in [2.75, 3.05) is 7.11 Å². The molecule has 21 heavy (non-hydrogen) atoms. The first kappa shape index (κ1) is 17.6. The van der Waals surface area contributed by atoms with Gasteiger partial charge < -0.3 is 9.84 Å². The quantitative estimate of drug-likeness (QED) is 0.724. The number of aliphatic carboxylic acids is 1. The second-order valence-corrected chi connectivity index (χ2v) is 6.38. The van der Waals surface area contributed by atoms with Gasteiger partial charge in [-0.05, 0) is 18.1 Å². The number of ether oxygens (including phenoxy) is 1. The van der Waals surface area contributed by atoms with E-state index in [2.05, 4.69) is 4.72 Å². The van der Waals surface area contributed by atoms with Gasteiger partial charge in [-0.15, -0.1) is 0 Å². The summed E-state index contributed by atoms with van der Waals surface area (Å²) in [6.45, 7) is 2.06. The van der Waals surface area contributed by atoms with Crippen LogP contribution in [-0.2, 0) is 26.2 Å². The van der Waals surface area contributed by atoms with Crippen molar-refractivity contribution in [1.82, 2.24) is 4.72 Å². The van der Waals surface area contributed by atoms with E-state index >= 15 is 0 Å². The Morgan fingerprint density at radius 2 is 2.05 bits per heavy atom. The average molecular weight is 315 g/mol. The van der Waals surface area contributed by atoms with Crippen LogP contribution in [0.25, 0.3) is 0 Å². The van der Waals surface area contributed by atoms with Gasteiger partial charge in [0.1, 0.15) is 6.04 Å². The minimum atomic E-state index is -3.90. The topological polar surface area (TPSA) is 92.7 Å². The van der Waals surface area contributed by atoms with E-state index in [0.29, 0.717) is 12.0 Å². The highest BCUT2D eigenvalue weighted by atomic mass is 32.2. The van der Waals surface area contributed by atoms with Crippen molar-refractivity contribution in [2.45, 2.75) is 43.7 Å². The lowest BCUT2D eigenvalue weighted by Gasteiger charge is -2.16. The first-order valence-electron chi connectivity index (χ1n) is 6.74. The molecular formula is C14H21NO5S. The molecule has 0 unspecified atom stereocenters. The Morgan fingerprint density at radius 1 is 1.38 bits per heavy atom. The molecule has 1 aromatic rings. The Balaban J connectivity index is 3.02. The summed E-state index contributed by atoms with van der Waals surface area (Å²) in [6, 6.07) is 5.26. The maximum Gasteiger partial charge on any atom is 0.321 e. The van der Waals surface area contributed by atoms with E-state index in [0.717, 1.165) is 6.42 Å². The van der Waals surface area contributed by atoms with Crippen LogP contribution in [0.15, 0.2) is 29.2 Å². The first-order chi connectivity index (χ1) is 9.92. The standard InChI is InChI=1S/C14H21NO5S/c1-3-4-8-12(14(16)17)15-21(18,19)13-9-6-5-7-11(13)10-20-2/h5-7,9,12,15H,3-4,8,10H2,1-2H3,(H,16,17)/t12-/m0/s1. The van der Waals surface area contributed by atoms with Gasteiger partial charge in [0.05, 0.1) is 11.5 Å². The van der Waals surface area contributed by atoms with Crippen LogP contribution in [-0.4, -0.2) is 32.6 Å². The smallest absolute Gasteiger partial charge is 0.321 e. The molecule has 0 fully saturated rings. The lowest BCUT2D eigenvalue weighted by molar-refractivity contribution is -0.139. The van der Waals surface area contributed by atoms with Crippen LogP contribution in [0.1, 0.15) is 31.7 Å². The maximum absolute atomic E-state index is 12.4. The van der Waals surface area contributed by atoms with E-state index in [-0.39, 0.29) is 17.9 Å². The lowest BCUT2D eigenvalue weighted by Crippen LogP contribution is -2.40. The Labute approximate surface area is 125 Å². The van der Waals surface area contributed by atoms with E-state index < -0.39 is 22.0 Å². The van der Waals surface area contributed by atoms with Crippen molar-refractivity contribution in [1.29, 1.82) is 0 Å². The largest absolute Gasteiger partial charge is 0.480 e. The molecule has 0 bridgehead atoms. The molecular weight excluding hydrogens is 294 g/mol. The summed E-state index contributed by atoms with van der Waals surface area (Å²) in [5, 5.41) is 9.13. The number of hydrogen-bond acceptors (Lipinski definition) is 4. The molecule has 0 aromatic heterocycles. The summed E-state index contributed by atoms with van der Waals surface area (Å²) in [4.78, 5) is 11.2. The van der Waals surface area contributed by atoms with Crippen LogP contribution in [0, 0.1) is 0 Å². The number of rotatable bonds is 9. The number of carboxylic acid groups (broad SMARTS) is 1. The van der Waals surface area contributed by atoms with Crippen molar-refractivity contribution in [3.05, 3.63) is 29.8 Å². The molecule has 1 rings (SSSR count). The highest BCUT2D eigenvalue weighted by Crippen LogP contribution is 2.17. The molecule has 0 aliphatic heterocycles. The lowest BCUT2D eigenvalue weighted by atomic mass is 10.1. The van der Waals surface area contributed by atoms with Crippen LogP contribution in [0.2, 0.25) is 0 Å².